The van der Waals surface area contributed by atoms with Gasteiger partial charge in [0.25, 0.3) is 5.91 Å². The van der Waals surface area contributed by atoms with E-state index in [0.29, 0.717) is 42.8 Å². The summed E-state index contributed by atoms with van der Waals surface area (Å²) in [5.74, 6) is -0.683. The zero-order chi connectivity index (χ0) is 24.8. The summed E-state index contributed by atoms with van der Waals surface area (Å²) in [6, 6.07) is 2.24. The van der Waals surface area contributed by atoms with Gasteiger partial charge in [0.15, 0.2) is 0 Å². The smallest absolute Gasteiger partial charge is 0.389 e. The monoisotopic (exact) mass is 502 g/mol. The fraction of sp³-hybridized carbons (Fsp3) is 0.565. The molecular formula is C23H27ClF4N4O2. The number of imidazole rings is 1. The summed E-state index contributed by atoms with van der Waals surface area (Å²) in [4.78, 5) is 17.5. The summed E-state index contributed by atoms with van der Waals surface area (Å²) in [5.41, 5.74) is 0.222. The zero-order valence-electron chi connectivity index (χ0n) is 18.8. The molecule has 1 heterocycles. The Morgan fingerprint density at radius 3 is 2.56 bits per heavy atom. The molecule has 2 fully saturated rings. The molecule has 1 amide bonds. The summed E-state index contributed by atoms with van der Waals surface area (Å²) in [6.07, 6.45) is -0.578. The van der Waals surface area contributed by atoms with E-state index in [0.717, 1.165) is 6.92 Å². The van der Waals surface area contributed by atoms with E-state index >= 15 is 0 Å². The molecule has 34 heavy (non-hydrogen) atoms. The fourth-order valence-electron chi connectivity index (χ4n) is 5.39. The van der Waals surface area contributed by atoms with Crippen molar-refractivity contribution in [1.29, 1.82) is 0 Å². The van der Waals surface area contributed by atoms with Crippen LogP contribution in [0.2, 0.25) is 5.02 Å². The molecule has 2 aliphatic carbocycles. The minimum absolute atomic E-state index is 0.000337. The number of halogens is 5. The first-order valence-electron chi connectivity index (χ1n) is 11.2. The van der Waals surface area contributed by atoms with Crippen LogP contribution in [0.15, 0.2) is 24.5 Å². The number of fused-ring (bicyclic) bond motifs is 1. The molecule has 4 rings (SSSR count). The van der Waals surface area contributed by atoms with Crippen LogP contribution in [-0.4, -0.2) is 44.9 Å². The van der Waals surface area contributed by atoms with Crippen LogP contribution in [-0.2, 0) is 7.05 Å². The van der Waals surface area contributed by atoms with Crippen LogP contribution in [0.4, 0.5) is 23.2 Å². The van der Waals surface area contributed by atoms with Crippen LogP contribution in [0, 0.1) is 17.7 Å². The zero-order valence-corrected chi connectivity index (χ0v) is 19.5. The average molecular weight is 503 g/mol. The second-order valence-corrected chi connectivity index (χ2v) is 10.0. The fourth-order valence-corrected chi connectivity index (χ4v) is 5.57. The Morgan fingerprint density at radius 1 is 1.32 bits per heavy atom. The van der Waals surface area contributed by atoms with Gasteiger partial charge in [0.1, 0.15) is 17.6 Å². The number of hydrogen-bond donors (Lipinski definition) is 3. The summed E-state index contributed by atoms with van der Waals surface area (Å²) in [5, 5.41) is 15.9. The third-order valence-corrected chi connectivity index (χ3v) is 7.39. The standard InChI is InChI=1S/C23H27ClF4N4O2/c1-12(23(26,27)28)29-10-22(34)8-14-5-13(6-15(14)9-22)19-20(32(2)11-30-19)21(33)31-16-3-4-18(25)17(24)7-16/h3-4,7,11-15,29,34H,5-6,8-10H2,1-2H3,(H,31,33). The molecular weight excluding hydrogens is 476 g/mol. The van der Waals surface area contributed by atoms with Crippen molar-refractivity contribution in [2.75, 3.05) is 11.9 Å². The SMILES string of the molecule is CC(NCC1(O)CC2CC(c3ncn(C)c3C(=O)Nc3ccc(F)c(Cl)c3)CC2C1)C(F)(F)F. The number of carbonyl (C=O) groups excluding carboxylic acids is 1. The van der Waals surface area contributed by atoms with Crippen molar-refractivity contribution in [1.82, 2.24) is 14.9 Å². The first-order chi connectivity index (χ1) is 15.9. The normalized spacial score (nSPS) is 27.6. The number of rotatable bonds is 6. The molecule has 2 saturated carbocycles. The molecule has 2 aromatic rings. The van der Waals surface area contributed by atoms with E-state index in [4.69, 9.17) is 11.6 Å². The average Bonchev–Trinajstić information content (AvgIpc) is 3.39. The highest BCUT2D eigenvalue weighted by Crippen LogP contribution is 2.53. The molecule has 1 aromatic carbocycles. The lowest BCUT2D eigenvalue weighted by Crippen LogP contribution is -2.47. The molecule has 6 nitrogen and oxygen atoms in total. The van der Waals surface area contributed by atoms with Gasteiger partial charge in [-0.15, -0.1) is 0 Å². The highest BCUT2D eigenvalue weighted by atomic mass is 35.5. The number of carbonyl (C=O) groups is 1. The van der Waals surface area contributed by atoms with Crippen molar-refractivity contribution in [2.24, 2.45) is 18.9 Å². The van der Waals surface area contributed by atoms with Crippen molar-refractivity contribution in [3.8, 4) is 0 Å². The molecule has 0 radical (unpaired) electrons. The maximum Gasteiger partial charge on any atom is 0.403 e. The summed E-state index contributed by atoms with van der Waals surface area (Å²) in [6.45, 7) is 0.936. The van der Waals surface area contributed by atoms with E-state index in [9.17, 15) is 27.5 Å². The Hall–Kier alpha value is -2.17. The maximum atomic E-state index is 13.4. The van der Waals surface area contributed by atoms with Crippen molar-refractivity contribution < 1.29 is 27.5 Å². The quantitative estimate of drug-likeness (QED) is 0.503. The van der Waals surface area contributed by atoms with Gasteiger partial charge in [-0.1, -0.05) is 11.6 Å². The third-order valence-electron chi connectivity index (χ3n) is 7.10. The van der Waals surface area contributed by atoms with Crippen molar-refractivity contribution in [2.45, 2.75) is 56.3 Å². The van der Waals surface area contributed by atoms with E-state index in [1.54, 1.807) is 17.9 Å². The molecule has 2 aliphatic rings. The number of alkyl halides is 3. The lowest BCUT2D eigenvalue weighted by atomic mass is 9.92. The van der Waals surface area contributed by atoms with Gasteiger partial charge >= 0.3 is 6.18 Å². The van der Waals surface area contributed by atoms with Gasteiger partial charge in [-0.2, -0.15) is 13.2 Å². The first kappa shape index (κ1) is 24.9. The lowest BCUT2D eigenvalue weighted by Gasteiger charge is -2.28. The molecule has 0 spiro atoms. The Balaban J connectivity index is 1.41. The number of aromatic nitrogens is 2. The van der Waals surface area contributed by atoms with E-state index < -0.39 is 29.5 Å². The van der Waals surface area contributed by atoms with E-state index in [2.05, 4.69) is 15.6 Å². The van der Waals surface area contributed by atoms with Crippen LogP contribution in [0.25, 0.3) is 0 Å². The highest BCUT2D eigenvalue weighted by molar-refractivity contribution is 6.31. The van der Waals surface area contributed by atoms with Crippen molar-refractivity contribution in [3.05, 3.63) is 46.8 Å². The van der Waals surface area contributed by atoms with Crippen LogP contribution < -0.4 is 10.6 Å². The maximum absolute atomic E-state index is 13.4. The topological polar surface area (TPSA) is 79.2 Å². The summed E-state index contributed by atoms with van der Waals surface area (Å²) >= 11 is 5.80. The highest BCUT2D eigenvalue weighted by Gasteiger charge is 2.50. The van der Waals surface area contributed by atoms with E-state index in [1.807, 2.05) is 0 Å². The van der Waals surface area contributed by atoms with Gasteiger partial charge in [-0.3, -0.25) is 4.79 Å². The van der Waals surface area contributed by atoms with Gasteiger partial charge < -0.3 is 20.3 Å². The number of nitrogens with one attached hydrogen (secondary N) is 2. The second kappa shape index (κ2) is 9.13. The summed E-state index contributed by atoms with van der Waals surface area (Å²) < 4.78 is 53.4. The number of amides is 1. The molecule has 0 aliphatic heterocycles. The minimum Gasteiger partial charge on any atom is -0.389 e. The molecule has 3 unspecified atom stereocenters. The van der Waals surface area contributed by atoms with Gasteiger partial charge in [-0.25, -0.2) is 9.37 Å². The van der Waals surface area contributed by atoms with Crippen LogP contribution in [0.3, 0.4) is 0 Å². The van der Waals surface area contributed by atoms with E-state index in [1.165, 1.54) is 18.2 Å². The molecule has 0 bridgehead atoms. The Kier molecular flexibility index (Phi) is 6.69. The predicted molar refractivity (Wildman–Crippen MR) is 119 cm³/mol. The molecule has 3 N–H and O–H groups in total. The summed E-state index contributed by atoms with van der Waals surface area (Å²) in [7, 11) is 1.71. The molecule has 0 saturated heterocycles. The van der Waals surface area contributed by atoms with Crippen LogP contribution in [0.1, 0.15) is 54.7 Å². The number of aryl methyl sites for hydroxylation is 1. The van der Waals surface area contributed by atoms with E-state index in [-0.39, 0.29) is 29.3 Å². The Bertz CT molecular complexity index is 1060. The lowest BCUT2D eigenvalue weighted by molar-refractivity contribution is -0.153. The molecule has 3 atom stereocenters. The molecule has 186 valence electrons. The number of aliphatic hydroxyl groups is 1. The third kappa shape index (κ3) is 5.08. The number of anilines is 1. The Labute approximate surface area is 199 Å². The number of nitrogens with zero attached hydrogens (tertiary/aromatic N) is 2. The van der Waals surface area contributed by atoms with Crippen LogP contribution >= 0.6 is 11.6 Å². The number of benzene rings is 1. The van der Waals surface area contributed by atoms with Gasteiger partial charge in [0.05, 0.1) is 22.6 Å². The first-order valence-corrected chi connectivity index (χ1v) is 11.5. The van der Waals surface area contributed by atoms with Gasteiger partial charge in [0, 0.05) is 25.2 Å². The van der Waals surface area contributed by atoms with Gasteiger partial charge in [-0.05, 0) is 62.6 Å². The largest absolute Gasteiger partial charge is 0.403 e. The molecule has 11 heteroatoms. The Morgan fingerprint density at radius 2 is 1.97 bits per heavy atom. The minimum atomic E-state index is -4.36. The van der Waals surface area contributed by atoms with Crippen molar-refractivity contribution >= 4 is 23.2 Å². The van der Waals surface area contributed by atoms with Gasteiger partial charge in [0.2, 0.25) is 0 Å². The second-order valence-electron chi connectivity index (χ2n) is 9.64. The van der Waals surface area contributed by atoms with Crippen molar-refractivity contribution in [3.63, 3.8) is 0 Å². The predicted octanol–water partition coefficient (Wildman–Crippen LogP) is 4.64. The van der Waals surface area contributed by atoms with Crippen LogP contribution in [0.5, 0.6) is 0 Å². The molecule has 1 aromatic heterocycles. The number of hydrogen-bond acceptors (Lipinski definition) is 4.